The summed E-state index contributed by atoms with van der Waals surface area (Å²) >= 11 is 1.55. The minimum absolute atomic E-state index is 0.187. The van der Waals surface area contributed by atoms with Crippen LogP contribution in [0.15, 0.2) is 5.38 Å². The Hall–Kier alpha value is -1.63. The quantitative estimate of drug-likeness (QED) is 0.840. The van der Waals surface area contributed by atoms with E-state index in [1.165, 1.54) is 17.7 Å². The molecule has 1 aromatic rings. The lowest BCUT2D eigenvalue weighted by Crippen LogP contribution is -2.40. The predicted octanol–water partition coefficient (Wildman–Crippen LogP) is 1.88. The summed E-state index contributed by atoms with van der Waals surface area (Å²) in [6, 6.07) is -0.277. The predicted molar refractivity (Wildman–Crippen MR) is 75.8 cm³/mol. The highest BCUT2D eigenvalue weighted by Gasteiger charge is 2.26. The van der Waals surface area contributed by atoms with Gasteiger partial charge in [0, 0.05) is 24.9 Å². The molecule has 2 rings (SSSR count). The zero-order valence-corrected chi connectivity index (χ0v) is 12.4. The SMILES string of the molecule is CC(CN(C)C(=O)NCc1nc(C2CC2)cs1)C(=O)O. The van der Waals surface area contributed by atoms with Gasteiger partial charge in [-0.05, 0) is 12.8 Å². The summed E-state index contributed by atoms with van der Waals surface area (Å²) in [5, 5.41) is 14.5. The van der Waals surface area contributed by atoms with E-state index in [0.717, 1.165) is 10.7 Å². The Morgan fingerprint density at radius 2 is 2.30 bits per heavy atom. The summed E-state index contributed by atoms with van der Waals surface area (Å²) in [7, 11) is 1.59. The number of carbonyl (C=O) groups is 2. The van der Waals surface area contributed by atoms with Crippen LogP contribution in [0.1, 0.15) is 36.4 Å². The molecule has 1 aliphatic carbocycles. The number of carboxylic acid groups (broad SMARTS) is 1. The molecule has 0 saturated heterocycles. The lowest BCUT2D eigenvalue weighted by Gasteiger charge is -2.19. The third-order valence-electron chi connectivity index (χ3n) is 3.27. The number of hydrogen-bond acceptors (Lipinski definition) is 4. The highest BCUT2D eigenvalue weighted by atomic mass is 32.1. The van der Waals surface area contributed by atoms with Gasteiger partial charge in [0.1, 0.15) is 5.01 Å². The number of urea groups is 1. The maximum absolute atomic E-state index is 11.8. The number of nitrogens with one attached hydrogen (secondary N) is 1. The molecule has 2 amide bonds. The number of aromatic nitrogens is 1. The second kappa shape index (κ2) is 6.21. The molecule has 1 aromatic heterocycles. The van der Waals surface area contributed by atoms with E-state index >= 15 is 0 Å². The van der Waals surface area contributed by atoms with Gasteiger partial charge in [0.2, 0.25) is 0 Å². The number of hydrogen-bond donors (Lipinski definition) is 2. The summed E-state index contributed by atoms with van der Waals surface area (Å²) in [6.45, 7) is 2.16. The van der Waals surface area contributed by atoms with E-state index in [-0.39, 0.29) is 12.6 Å². The van der Waals surface area contributed by atoms with Gasteiger partial charge in [0.05, 0.1) is 18.2 Å². The summed E-state index contributed by atoms with van der Waals surface area (Å²) in [6.07, 6.45) is 2.43. The van der Waals surface area contributed by atoms with E-state index in [0.29, 0.717) is 12.5 Å². The summed E-state index contributed by atoms with van der Waals surface area (Å²) < 4.78 is 0. The van der Waals surface area contributed by atoms with Crippen molar-refractivity contribution in [2.45, 2.75) is 32.2 Å². The largest absolute Gasteiger partial charge is 0.481 e. The van der Waals surface area contributed by atoms with Gasteiger partial charge in [-0.25, -0.2) is 9.78 Å². The molecule has 0 aromatic carbocycles. The summed E-state index contributed by atoms with van der Waals surface area (Å²) in [5.41, 5.74) is 1.13. The van der Waals surface area contributed by atoms with Gasteiger partial charge in [0.25, 0.3) is 0 Å². The monoisotopic (exact) mass is 297 g/mol. The fraction of sp³-hybridized carbons (Fsp3) is 0.615. The Balaban J connectivity index is 1.77. The molecule has 20 heavy (non-hydrogen) atoms. The Morgan fingerprint density at radius 1 is 1.60 bits per heavy atom. The van der Waals surface area contributed by atoms with Crippen molar-refractivity contribution < 1.29 is 14.7 Å². The molecule has 1 atom stereocenters. The molecule has 1 unspecified atom stereocenters. The number of carbonyl (C=O) groups excluding carboxylic acids is 1. The Kier molecular flexibility index (Phi) is 4.59. The van der Waals surface area contributed by atoms with Gasteiger partial charge in [-0.15, -0.1) is 11.3 Å². The van der Waals surface area contributed by atoms with E-state index in [1.54, 1.807) is 25.3 Å². The molecular weight excluding hydrogens is 278 g/mol. The van der Waals surface area contributed by atoms with Crippen LogP contribution in [0.3, 0.4) is 0 Å². The molecule has 7 heteroatoms. The van der Waals surface area contributed by atoms with Crippen LogP contribution < -0.4 is 5.32 Å². The number of thiazole rings is 1. The fourth-order valence-corrected chi connectivity index (χ4v) is 2.65. The van der Waals surface area contributed by atoms with E-state index < -0.39 is 11.9 Å². The van der Waals surface area contributed by atoms with Crippen LogP contribution in [0.4, 0.5) is 4.79 Å². The fourth-order valence-electron chi connectivity index (χ4n) is 1.83. The highest BCUT2D eigenvalue weighted by Crippen LogP contribution is 2.40. The minimum atomic E-state index is -0.904. The van der Waals surface area contributed by atoms with Crippen molar-refractivity contribution in [2.24, 2.45) is 5.92 Å². The van der Waals surface area contributed by atoms with Crippen LogP contribution in [0.25, 0.3) is 0 Å². The molecule has 1 saturated carbocycles. The molecule has 110 valence electrons. The molecule has 2 N–H and O–H groups in total. The number of carboxylic acids is 1. The van der Waals surface area contributed by atoms with E-state index in [4.69, 9.17) is 5.11 Å². The highest BCUT2D eigenvalue weighted by molar-refractivity contribution is 7.09. The van der Waals surface area contributed by atoms with Crippen molar-refractivity contribution in [2.75, 3.05) is 13.6 Å². The first kappa shape index (κ1) is 14.8. The van der Waals surface area contributed by atoms with Crippen LogP contribution in [0.2, 0.25) is 0 Å². The molecule has 1 aliphatic rings. The minimum Gasteiger partial charge on any atom is -0.481 e. The van der Waals surface area contributed by atoms with Gasteiger partial charge in [-0.1, -0.05) is 6.92 Å². The van der Waals surface area contributed by atoms with Crippen molar-refractivity contribution >= 4 is 23.3 Å². The topological polar surface area (TPSA) is 82.5 Å². The molecule has 1 fully saturated rings. The molecule has 0 aliphatic heterocycles. The number of nitrogens with zero attached hydrogens (tertiary/aromatic N) is 2. The second-order valence-corrected chi connectivity index (χ2v) is 6.16. The zero-order valence-electron chi connectivity index (χ0n) is 11.6. The van der Waals surface area contributed by atoms with Crippen LogP contribution in [-0.4, -0.2) is 40.6 Å². The van der Waals surface area contributed by atoms with Gasteiger partial charge < -0.3 is 15.3 Å². The number of rotatable bonds is 6. The maximum Gasteiger partial charge on any atom is 0.317 e. The molecule has 1 heterocycles. The van der Waals surface area contributed by atoms with Crippen molar-refractivity contribution in [1.29, 1.82) is 0 Å². The molecule has 0 spiro atoms. The van der Waals surface area contributed by atoms with Gasteiger partial charge in [-0.3, -0.25) is 4.79 Å². The third-order valence-corrected chi connectivity index (χ3v) is 4.14. The van der Waals surface area contributed by atoms with Gasteiger partial charge in [0.15, 0.2) is 0 Å². The number of aliphatic carboxylic acids is 1. The summed E-state index contributed by atoms with van der Waals surface area (Å²) in [4.78, 5) is 28.4. The van der Waals surface area contributed by atoms with E-state index in [1.807, 2.05) is 0 Å². The van der Waals surface area contributed by atoms with Crippen molar-refractivity contribution in [1.82, 2.24) is 15.2 Å². The Morgan fingerprint density at radius 3 is 2.90 bits per heavy atom. The second-order valence-electron chi connectivity index (χ2n) is 5.22. The van der Waals surface area contributed by atoms with Crippen molar-refractivity contribution in [3.63, 3.8) is 0 Å². The maximum atomic E-state index is 11.8. The number of amides is 2. The van der Waals surface area contributed by atoms with Crippen molar-refractivity contribution in [3.05, 3.63) is 16.1 Å². The molecule has 0 bridgehead atoms. The van der Waals surface area contributed by atoms with E-state index in [2.05, 4.69) is 15.7 Å². The Labute approximate surface area is 121 Å². The lowest BCUT2D eigenvalue weighted by atomic mass is 10.2. The standard InChI is InChI=1S/C13H19N3O3S/c1-8(12(17)18)6-16(2)13(19)14-5-11-15-10(7-20-11)9-3-4-9/h7-9H,3-6H2,1-2H3,(H,14,19)(H,17,18). The van der Waals surface area contributed by atoms with Crippen LogP contribution in [0, 0.1) is 5.92 Å². The van der Waals surface area contributed by atoms with Crippen LogP contribution in [0.5, 0.6) is 0 Å². The Bertz CT molecular complexity index is 499. The van der Waals surface area contributed by atoms with Gasteiger partial charge >= 0.3 is 12.0 Å². The van der Waals surface area contributed by atoms with Gasteiger partial charge in [-0.2, -0.15) is 0 Å². The first-order valence-electron chi connectivity index (χ1n) is 6.63. The van der Waals surface area contributed by atoms with E-state index in [9.17, 15) is 9.59 Å². The lowest BCUT2D eigenvalue weighted by molar-refractivity contribution is -0.141. The average molecular weight is 297 g/mol. The third kappa shape index (κ3) is 3.93. The molecule has 0 radical (unpaired) electrons. The normalized spacial score (nSPS) is 15.7. The molecular formula is C13H19N3O3S. The first-order valence-corrected chi connectivity index (χ1v) is 7.51. The smallest absolute Gasteiger partial charge is 0.317 e. The van der Waals surface area contributed by atoms with Crippen molar-refractivity contribution in [3.8, 4) is 0 Å². The zero-order chi connectivity index (χ0) is 14.7. The van der Waals surface area contributed by atoms with Crippen LogP contribution in [-0.2, 0) is 11.3 Å². The van der Waals surface area contributed by atoms with Crippen LogP contribution >= 0.6 is 11.3 Å². The first-order chi connectivity index (χ1) is 9.47. The molecule has 6 nitrogen and oxygen atoms in total. The average Bonchev–Trinajstić information content (AvgIpc) is 3.15. The summed E-state index contributed by atoms with van der Waals surface area (Å²) in [5.74, 6) is -0.861.